The maximum atomic E-state index is 5.41. The second-order valence-electron chi connectivity index (χ2n) is 5.49. The van der Waals surface area contributed by atoms with Crippen LogP contribution in [0.5, 0.6) is 0 Å². The zero-order chi connectivity index (χ0) is 13.0. The summed E-state index contributed by atoms with van der Waals surface area (Å²) < 4.78 is 5.41. The largest absolute Gasteiger partial charge is 0.381 e. The van der Waals surface area contributed by atoms with Crippen molar-refractivity contribution in [2.24, 2.45) is 5.92 Å². The summed E-state index contributed by atoms with van der Waals surface area (Å²) in [5, 5.41) is 0. The van der Waals surface area contributed by atoms with E-state index in [9.17, 15) is 0 Å². The van der Waals surface area contributed by atoms with Gasteiger partial charge in [0, 0.05) is 31.8 Å². The average molecular weight is 249 g/mol. The maximum Gasteiger partial charge on any atom is 0.131 e. The predicted molar refractivity (Wildman–Crippen MR) is 71.4 cm³/mol. The van der Waals surface area contributed by atoms with Crippen molar-refractivity contribution in [2.45, 2.75) is 32.7 Å². The summed E-state index contributed by atoms with van der Waals surface area (Å²) in [6, 6.07) is 2.01. The van der Waals surface area contributed by atoms with Crippen LogP contribution in [-0.2, 0) is 11.3 Å². The van der Waals surface area contributed by atoms with Gasteiger partial charge in [-0.05, 0) is 25.5 Å². The highest BCUT2D eigenvalue weighted by atomic mass is 16.5. The van der Waals surface area contributed by atoms with Gasteiger partial charge in [0.25, 0.3) is 0 Å². The van der Waals surface area contributed by atoms with E-state index in [1.54, 1.807) is 0 Å². The summed E-state index contributed by atoms with van der Waals surface area (Å²) in [6.45, 7) is 8.05. The van der Waals surface area contributed by atoms with Crippen molar-refractivity contribution in [3.05, 3.63) is 23.8 Å². The van der Waals surface area contributed by atoms with Gasteiger partial charge < -0.3 is 9.64 Å². The molecule has 1 atom stereocenters. The van der Waals surface area contributed by atoms with Gasteiger partial charge >= 0.3 is 0 Å². The molecular formula is C14H23N3O. The van der Waals surface area contributed by atoms with Crippen LogP contribution in [0.1, 0.15) is 37.7 Å². The molecule has 1 aliphatic rings. The van der Waals surface area contributed by atoms with E-state index in [-0.39, 0.29) is 0 Å². The molecule has 1 aromatic rings. The summed E-state index contributed by atoms with van der Waals surface area (Å²) in [4.78, 5) is 11.2. The van der Waals surface area contributed by atoms with Gasteiger partial charge in [0.05, 0.1) is 12.3 Å². The fraction of sp³-hybridized carbons (Fsp3) is 0.714. The molecular weight excluding hydrogens is 226 g/mol. The van der Waals surface area contributed by atoms with Crippen LogP contribution in [-0.4, -0.2) is 41.7 Å². The summed E-state index contributed by atoms with van der Waals surface area (Å²) in [5.41, 5.74) is 1.11. The molecule has 2 rings (SSSR count). The van der Waals surface area contributed by atoms with Crippen molar-refractivity contribution in [3.63, 3.8) is 0 Å². The van der Waals surface area contributed by atoms with Gasteiger partial charge in [0.15, 0.2) is 0 Å². The Bertz CT molecular complexity index is 375. The van der Waals surface area contributed by atoms with Crippen LogP contribution >= 0.6 is 0 Å². The fourth-order valence-corrected chi connectivity index (χ4v) is 2.29. The zero-order valence-electron chi connectivity index (χ0n) is 11.6. The molecule has 1 aromatic heterocycles. The number of ether oxygens (including phenoxy) is 1. The number of nitrogens with zero attached hydrogens (tertiary/aromatic N) is 3. The lowest BCUT2D eigenvalue weighted by atomic mass is 10.1. The summed E-state index contributed by atoms with van der Waals surface area (Å²) >= 11 is 0. The van der Waals surface area contributed by atoms with E-state index in [1.165, 1.54) is 6.42 Å². The van der Waals surface area contributed by atoms with E-state index in [0.717, 1.165) is 37.8 Å². The van der Waals surface area contributed by atoms with E-state index in [4.69, 9.17) is 4.74 Å². The third-order valence-electron chi connectivity index (χ3n) is 3.27. The first kappa shape index (κ1) is 13.4. The van der Waals surface area contributed by atoms with Crippen LogP contribution in [0.25, 0.3) is 0 Å². The molecule has 0 aromatic carbocycles. The number of aromatic nitrogens is 2. The maximum absolute atomic E-state index is 5.41. The number of hydrogen-bond donors (Lipinski definition) is 0. The van der Waals surface area contributed by atoms with E-state index in [0.29, 0.717) is 11.8 Å². The normalized spacial score (nSPS) is 19.9. The molecule has 4 heteroatoms. The number of hydrogen-bond acceptors (Lipinski definition) is 4. The summed E-state index contributed by atoms with van der Waals surface area (Å²) in [7, 11) is 2.15. The monoisotopic (exact) mass is 249 g/mol. The fourth-order valence-electron chi connectivity index (χ4n) is 2.29. The molecule has 2 heterocycles. The average Bonchev–Trinajstić information content (AvgIpc) is 2.82. The van der Waals surface area contributed by atoms with Gasteiger partial charge in [-0.1, -0.05) is 13.8 Å². The Kier molecular flexibility index (Phi) is 4.66. The highest BCUT2D eigenvalue weighted by molar-refractivity contribution is 5.04. The summed E-state index contributed by atoms with van der Waals surface area (Å²) in [5.74, 6) is 2.00. The highest BCUT2D eigenvalue weighted by Gasteiger charge is 2.17. The molecule has 1 fully saturated rings. The minimum atomic E-state index is 0.387. The standard InChI is InChI=1S/C14H23N3O/c1-11(2)14-15-6-4-13(16-14)9-17(3)8-12-5-7-18-10-12/h4,6,11-12H,5,7-10H2,1-3H3. The van der Waals surface area contributed by atoms with Crippen molar-refractivity contribution in [2.75, 3.05) is 26.8 Å². The van der Waals surface area contributed by atoms with Gasteiger partial charge in [-0.25, -0.2) is 9.97 Å². The van der Waals surface area contributed by atoms with Crippen LogP contribution in [0.2, 0.25) is 0 Å². The molecule has 18 heavy (non-hydrogen) atoms. The van der Waals surface area contributed by atoms with Gasteiger partial charge in [0.2, 0.25) is 0 Å². The first-order valence-corrected chi connectivity index (χ1v) is 6.73. The van der Waals surface area contributed by atoms with Crippen molar-refractivity contribution >= 4 is 0 Å². The van der Waals surface area contributed by atoms with Crippen LogP contribution in [0.3, 0.4) is 0 Å². The Morgan fingerprint density at radius 1 is 1.50 bits per heavy atom. The van der Waals surface area contributed by atoms with Crippen molar-refractivity contribution in [1.29, 1.82) is 0 Å². The quantitative estimate of drug-likeness (QED) is 0.800. The molecule has 1 saturated heterocycles. The Labute approximate surface area is 109 Å². The van der Waals surface area contributed by atoms with Crippen molar-refractivity contribution in [3.8, 4) is 0 Å². The molecule has 0 spiro atoms. The van der Waals surface area contributed by atoms with Crippen LogP contribution in [0, 0.1) is 5.92 Å². The molecule has 0 saturated carbocycles. The topological polar surface area (TPSA) is 38.2 Å². The van der Waals surface area contributed by atoms with Crippen LogP contribution in [0.4, 0.5) is 0 Å². The highest BCUT2D eigenvalue weighted by Crippen LogP contribution is 2.15. The lowest BCUT2D eigenvalue weighted by molar-refractivity contribution is 0.172. The van der Waals surface area contributed by atoms with Gasteiger partial charge in [-0.15, -0.1) is 0 Å². The third kappa shape index (κ3) is 3.75. The predicted octanol–water partition coefficient (Wildman–Crippen LogP) is 2.07. The Hall–Kier alpha value is -1.00. The van der Waals surface area contributed by atoms with Crippen molar-refractivity contribution < 1.29 is 4.74 Å². The molecule has 1 aliphatic heterocycles. The van der Waals surface area contributed by atoms with Gasteiger partial charge in [-0.2, -0.15) is 0 Å². The summed E-state index contributed by atoms with van der Waals surface area (Å²) in [6.07, 6.45) is 3.05. The second-order valence-corrected chi connectivity index (χ2v) is 5.49. The Morgan fingerprint density at radius 2 is 2.33 bits per heavy atom. The van der Waals surface area contributed by atoms with E-state index in [2.05, 4.69) is 35.8 Å². The van der Waals surface area contributed by atoms with Crippen molar-refractivity contribution in [1.82, 2.24) is 14.9 Å². The molecule has 1 unspecified atom stereocenters. The minimum Gasteiger partial charge on any atom is -0.381 e. The molecule has 100 valence electrons. The molecule has 0 amide bonds. The van der Waals surface area contributed by atoms with E-state index in [1.807, 2.05) is 12.3 Å². The van der Waals surface area contributed by atoms with Crippen LogP contribution < -0.4 is 0 Å². The molecule has 0 bridgehead atoms. The van der Waals surface area contributed by atoms with Crippen LogP contribution in [0.15, 0.2) is 12.3 Å². The Balaban J connectivity index is 1.89. The second kappa shape index (κ2) is 6.25. The zero-order valence-corrected chi connectivity index (χ0v) is 11.6. The molecule has 4 nitrogen and oxygen atoms in total. The smallest absolute Gasteiger partial charge is 0.131 e. The third-order valence-corrected chi connectivity index (χ3v) is 3.27. The van der Waals surface area contributed by atoms with Gasteiger partial charge in [0.1, 0.15) is 5.82 Å². The lowest BCUT2D eigenvalue weighted by Crippen LogP contribution is -2.26. The Morgan fingerprint density at radius 3 is 3.00 bits per heavy atom. The lowest BCUT2D eigenvalue weighted by Gasteiger charge is -2.19. The minimum absolute atomic E-state index is 0.387. The van der Waals surface area contributed by atoms with Gasteiger partial charge in [-0.3, -0.25) is 0 Å². The first-order chi connectivity index (χ1) is 8.65. The van der Waals surface area contributed by atoms with E-state index < -0.39 is 0 Å². The SMILES string of the molecule is CC(C)c1nccc(CN(C)CC2CCOC2)n1. The van der Waals surface area contributed by atoms with E-state index >= 15 is 0 Å². The first-order valence-electron chi connectivity index (χ1n) is 6.73. The molecule has 0 radical (unpaired) electrons. The molecule has 0 N–H and O–H groups in total. The number of rotatable bonds is 5. The molecule has 0 aliphatic carbocycles.